The summed E-state index contributed by atoms with van der Waals surface area (Å²) >= 11 is 2.23. The highest BCUT2D eigenvalue weighted by Crippen LogP contribution is 2.35. The standard InChI is InChI=1S/C22H22IN3O4/c1-4-15-6-5-7-17(21(15)23)26-22-16-12-19(29-10-8-27-2)20(30-11-9-28-3)13-18(16)24-14-25-22/h1,5-7,12-14H,8-11H2,2-3H3,(H,24,25,26). The smallest absolute Gasteiger partial charge is 0.163 e. The molecule has 8 heteroatoms. The van der Waals surface area contributed by atoms with Crippen LogP contribution in [0.25, 0.3) is 10.9 Å². The fraction of sp³-hybridized carbons (Fsp3) is 0.273. The van der Waals surface area contributed by atoms with Gasteiger partial charge < -0.3 is 24.3 Å². The van der Waals surface area contributed by atoms with Crippen molar-refractivity contribution in [1.29, 1.82) is 0 Å². The van der Waals surface area contributed by atoms with Crippen molar-refractivity contribution in [2.45, 2.75) is 0 Å². The van der Waals surface area contributed by atoms with E-state index >= 15 is 0 Å². The largest absolute Gasteiger partial charge is 0.487 e. The van der Waals surface area contributed by atoms with Crippen LogP contribution < -0.4 is 14.8 Å². The minimum atomic E-state index is 0.390. The number of hydrogen-bond acceptors (Lipinski definition) is 7. The van der Waals surface area contributed by atoms with Crippen LogP contribution in [0, 0.1) is 15.9 Å². The van der Waals surface area contributed by atoms with E-state index in [0.717, 1.165) is 25.7 Å². The van der Waals surface area contributed by atoms with Crippen LogP contribution in [-0.4, -0.2) is 50.6 Å². The van der Waals surface area contributed by atoms with Gasteiger partial charge in [-0.05, 0) is 40.8 Å². The lowest BCUT2D eigenvalue weighted by Gasteiger charge is -2.15. The summed E-state index contributed by atoms with van der Waals surface area (Å²) in [5.41, 5.74) is 2.41. The molecule has 1 aromatic heterocycles. The molecule has 0 aliphatic heterocycles. The molecule has 0 spiro atoms. The van der Waals surface area contributed by atoms with E-state index in [1.165, 1.54) is 6.33 Å². The summed E-state index contributed by atoms with van der Waals surface area (Å²) in [5, 5.41) is 4.16. The summed E-state index contributed by atoms with van der Waals surface area (Å²) < 4.78 is 22.8. The first-order valence-corrected chi connectivity index (χ1v) is 10.3. The van der Waals surface area contributed by atoms with Gasteiger partial charge in [0, 0.05) is 31.2 Å². The topological polar surface area (TPSA) is 74.7 Å². The van der Waals surface area contributed by atoms with E-state index in [4.69, 9.17) is 25.4 Å². The lowest BCUT2D eigenvalue weighted by Crippen LogP contribution is -2.09. The highest BCUT2D eigenvalue weighted by molar-refractivity contribution is 14.1. The van der Waals surface area contributed by atoms with Gasteiger partial charge in [0.1, 0.15) is 25.4 Å². The highest BCUT2D eigenvalue weighted by Gasteiger charge is 2.14. The molecule has 0 saturated carbocycles. The Bertz CT molecular complexity index is 1050. The zero-order valence-corrected chi connectivity index (χ0v) is 18.9. The predicted octanol–water partition coefficient (Wildman–Crippen LogP) is 4.01. The van der Waals surface area contributed by atoms with Gasteiger partial charge in [-0.1, -0.05) is 12.0 Å². The Morgan fingerprint density at radius 2 is 1.70 bits per heavy atom. The minimum Gasteiger partial charge on any atom is -0.487 e. The summed E-state index contributed by atoms with van der Waals surface area (Å²) in [6, 6.07) is 9.46. The van der Waals surface area contributed by atoms with E-state index in [9.17, 15) is 0 Å². The molecule has 0 aliphatic rings. The van der Waals surface area contributed by atoms with Crippen molar-refractivity contribution in [3.63, 3.8) is 0 Å². The summed E-state index contributed by atoms with van der Waals surface area (Å²) in [6.07, 6.45) is 7.10. The molecular weight excluding hydrogens is 497 g/mol. The third-order valence-electron chi connectivity index (χ3n) is 4.20. The highest BCUT2D eigenvalue weighted by atomic mass is 127. The number of nitrogens with one attached hydrogen (secondary N) is 1. The first-order valence-electron chi connectivity index (χ1n) is 9.22. The fourth-order valence-electron chi connectivity index (χ4n) is 2.73. The van der Waals surface area contributed by atoms with Crippen molar-refractivity contribution in [2.75, 3.05) is 46.0 Å². The lowest BCUT2D eigenvalue weighted by molar-refractivity contribution is 0.132. The molecule has 0 fully saturated rings. The SMILES string of the molecule is C#Cc1cccc(Nc2ncnc3cc(OCCOC)c(OCCOC)cc23)c1I. The Balaban J connectivity index is 1.99. The Morgan fingerprint density at radius 3 is 2.37 bits per heavy atom. The van der Waals surface area contributed by atoms with Crippen LogP contribution in [-0.2, 0) is 9.47 Å². The fourth-order valence-corrected chi connectivity index (χ4v) is 3.38. The van der Waals surface area contributed by atoms with E-state index in [-0.39, 0.29) is 0 Å². The third-order valence-corrected chi connectivity index (χ3v) is 5.36. The third kappa shape index (κ3) is 5.30. The quantitative estimate of drug-likeness (QED) is 0.247. The predicted molar refractivity (Wildman–Crippen MR) is 125 cm³/mol. The molecule has 30 heavy (non-hydrogen) atoms. The second-order valence-electron chi connectivity index (χ2n) is 6.16. The average Bonchev–Trinajstić information content (AvgIpc) is 2.76. The van der Waals surface area contributed by atoms with E-state index < -0.39 is 0 Å². The van der Waals surface area contributed by atoms with E-state index in [1.807, 2.05) is 30.3 Å². The lowest BCUT2D eigenvalue weighted by atomic mass is 10.2. The van der Waals surface area contributed by atoms with Gasteiger partial charge in [-0.25, -0.2) is 9.97 Å². The van der Waals surface area contributed by atoms with Crippen molar-refractivity contribution in [2.24, 2.45) is 0 Å². The molecule has 3 aromatic rings. The van der Waals surface area contributed by atoms with Crippen LogP contribution >= 0.6 is 22.6 Å². The Hall–Kier alpha value is -2.61. The van der Waals surface area contributed by atoms with Crippen molar-refractivity contribution in [3.05, 3.63) is 45.8 Å². The number of terminal acetylenes is 1. The zero-order chi connectivity index (χ0) is 21.3. The Kier molecular flexibility index (Phi) is 8.07. The average molecular weight is 519 g/mol. The maximum Gasteiger partial charge on any atom is 0.163 e. The van der Waals surface area contributed by atoms with Gasteiger partial charge in [0.15, 0.2) is 11.5 Å². The number of methoxy groups -OCH3 is 2. The summed E-state index contributed by atoms with van der Waals surface area (Å²) in [7, 11) is 3.25. The van der Waals surface area contributed by atoms with Crippen LogP contribution in [0.5, 0.6) is 11.5 Å². The maximum absolute atomic E-state index is 5.88. The van der Waals surface area contributed by atoms with Crippen molar-refractivity contribution < 1.29 is 18.9 Å². The minimum absolute atomic E-state index is 0.390. The first kappa shape index (κ1) is 22.1. The first-order chi connectivity index (χ1) is 14.7. The van der Waals surface area contributed by atoms with E-state index in [1.54, 1.807) is 14.2 Å². The van der Waals surface area contributed by atoms with Gasteiger partial charge in [-0.3, -0.25) is 0 Å². The molecule has 1 heterocycles. The summed E-state index contributed by atoms with van der Waals surface area (Å²) in [5.74, 6) is 4.51. The monoisotopic (exact) mass is 519 g/mol. The van der Waals surface area contributed by atoms with Gasteiger partial charge in [0.05, 0.1) is 28.0 Å². The maximum atomic E-state index is 5.88. The number of halogens is 1. The number of fused-ring (bicyclic) bond motifs is 1. The molecule has 0 saturated heterocycles. The van der Waals surface area contributed by atoms with Gasteiger partial charge >= 0.3 is 0 Å². The van der Waals surface area contributed by atoms with Gasteiger partial charge in [0.25, 0.3) is 0 Å². The van der Waals surface area contributed by atoms with Crippen molar-refractivity contribution in [3.8, 4) is 23.8 Å². The number of ether oxygens (including phenoxy) is 4. The van der Waals surface area contributed by atoms with Crippen molar-refractivity contribution >= 4 is 45.0 Å². The molecule has 0 amide bonds. The second kappa shape index (κ2) is 11.0. The number of rotatable bonds is 10. The normalized spacial score (nSPS) is 10.6. The summed E-state index contributed by atoms with van der Waals surface area (Å²) in [4.78, 5) is 8.81. The van der Waals surface area contributed by atoms with E-state index in [2.05, 4.69) is 43.8 Å². The number of nitrogens with zero attached hydrogens (tertiary/aromatic N) is 2. The molecule has 0 radical (unpaired) electrons. The number of benzene rings is 2. The van der Waals surface area contributed by atoms with Crippen LogP contribution in [0.15, 0.2) is 36.7 Å². The van der Waals surface area contributed by atoms with E-state index in [0.29, 0.717) is 43.7 Å². The number of aromatic nitrogens is 2. The molecule has 0 unspecified atom stereocenters. The van der Waals surface area contributed by atoms with Crippen LogP contribution in [0.3, 0.4) is 0 Å². The summed E-state index contributed by atoms with van der Waals surface area (Å²) in [6.45, 7) is 1.72. The molecule has 0 aliphatic carbocycles. The van der Waals surface area contributed by atoms with Crippen LogP contribution in [0.2, 0.25) is 0 Å². The zero-order valence-electron chi connectivity index (χ0n) is 16.8. The second-order valence-corrected chi connectivity index (χ2v) is 7.24. The molecule has 7 nitrogen and oxygen atoms in total. The molecule has 3 rings (SSSR count). The Labute approximate surface area is 189 Å². The van der Waals surface area contributed by atoms with Crippen LogP contribution in [0.1, 0.15) is 5.56 Å². The molecule has 2 aromatic carbocycles. The van der Waals surface area contributed by atoms with Crippen LogP contribution in [0.4, 0.5) is 11.5 Å². The van der Waals surface area contributed by atoms with Gasteiger partial charge in [-0.2, -0.15) is 0 Å². The molecule has 156 valence electrons. The molecule has 0 bridgehead atoms. The van der Waals surface area contributed by atoms with Crippen molar-refractivity contribution in [1.82, 2.24) is 9.97 Å². The number of anilines is 2. The molecule has 1 N–H and O–H groups in total. The van der Waals surface area contributed by atoms with Gasteiger partial charge in [0.2, 0.25) is 0 Å². The van der Waals surface area contributed by atoms with Gasteiger partial charge in [-0.15, -0.1) is 6.42 Å². The number of hydrogen-bond donors (Lipinski definition) is 1. The Morgan fingerprint density at radius 1 is 1.00 bits per heavy atom. The molecule has 0 atom stereocenters. The molecular formula is C22H22IN3O4.